The van der Waals surface area contributed by atoms with Crippen molar-refractivity contribution in [2.24, 2.45) is 0 Å². The fourth-order valence-corrected chi connectivity index (χ4v) is 2.60. The van der Waals surface area contributed by atoms with Crippen molar-refractivity contribution in [1.82, 2.24) is 10.2 Å². The fraction of sp³-hybridized carbons (Fsp3) is 0.688. The number of nitrogens with one attached hydrogen (secondary N) is 1. The van der Waals surface area contributed by atoms with Gasteiger partial charge in [0, 0.05) is 26.2 Å². The minimum atomic E-state index is -0.436. The van der Waals surface area contributed by atoms with E-state index in [0.29, 0.717) is 26.4 Å². The Labute approximate surface area is 131 Å². The highest BCUT2D eigenvalue weighted by atomic mass is 16.5. The molecule has 1 fully saturated rings. The number of morpholine rings is 1. The highest BCUT2D eigenvalue weighted by molar-refractivity contribution is 5.80. The number of rotatable bonds is 7. The predicted octanol–water partition coefficient (Wildman–Crippen LogP) is 1.50. The smallest absolute Gasteiger partial charge is 0.248 e. The van der Waals surface area contributed by atoms with Crippen LogP contribution in [-0.2, 0) is 14.3 Å². The van der Waals surface area contributed by atoms with Crippen LogP contribution in [0.15, 0.2) is 16.5 Å². The maximum Gasteiger partial charge on any atom is 0.248 e. The van der Waals surface area contributed by atoms with E-state index in [2.05, 4.69) is 10.2 Å². The molecule has 1 aromatic heterocycles. The summed E-state index contributed by atoms with van der Waals surface area (Å²) >= 11 is 0. The van der Waals surface area contributed by atoms with Gasteiger partial charge in [-0.1, -0.05) is 0 Å². The van der Waals surface area contributed by atoms with Crippen LogP contribution in [-0.4, -0.2) is 56.4 Å². The molecule has 0 spiro atoms. The van der Waals surface area contributed by atoms with Crippen molar-refractivity contribution >= 4 is 5.91 Å². The molecule has 0 unspecified atom stereocenters. The molecule has 0 aromatic carbocycles. The van der Waals surface area contributed by atoms with Crippen LogP contribution >= 0.6 is 0 Å². The minimum absolute atomic E-state index is 0.0235. The molecule has 1 aliphatic heterocycles. The van der Waals surface area contributed by atoms with Gasteiger partial charge in [-0.15, -0.1) is 0 Å². The quantitative estimate of drug-likeness (QED) is 0.827. The van der Waals surface area contributed by atoms with E-state index in [-0.39, 0.29) is 11.9 Å². The summed E-state index contributed by atoms with van der Waals surface area (Å²) in [5.41, 5.74) is 0. The molecule has 6 nitrogen and oxygen atoms in total. The number of ether oxygens (including phenoxy) is 2. The molecular weight excluding hydrogens is 284 g/mol. The number of amides is 1. The molecule has 1 aromatic rings. The van der Waals surface area contributed by atoms with Crippen LogP contribution in [0.5, 0.6) is 0 Å². The monoisotopic (exact) mass is 310 g/mol. The molecule has 6 heteroatoms. The summed E-state index contributed by atoms with van der Waals surface area (Å²) in [6.07, 6.45) is -0.436. The van der Waals surface area contributed by atoms with Gasteiger partial charge in [0.25, 0.3) is 0 Å². The van der Waals surface area contributed by atoms with E-state index in [1.54, 1.807) is 6.92 Å². The third kappa shape index (κ3) is 4.56. The number of furan rings is 1. The number of carbonyl (C=O) groups is 1. The van der Waals surface area contributed by atoms with Gasteiger partial charge in [0.2, 0.25) is 5.91 Å². The zero-order valence-electron chi connectivity index (χ0n) is 13.6. The van der Waals surface area contributed by atoms with Crippen molar-refractivity contribution in [2.45, 2.75) is 32.9 Å². The number of hydrogen-bond donors (Lipinski definition) is 1. The Bertz CT molecular complexity index is 468. The molecule has 0 saturated carbocycles. The van der Waals surface area contributed by atoms with Crippen LogP contribution in [0.2, 0.25) is 0 Å². The summed E-state index contributed by atoms with van der Waals surface area (Å²) < 4.78 is 16.5. The highest BCUT2D eigenvalue weighted by Gasteiger charge is 2.26. The van der Waals surface area contributed by atoms with Gasteiger partial charge in [-0.3, -0.25) is 9.69 Å². The zero-order valence-corrected chi connectivity index (χ0v) is 13.6. The third-order valence-corrected chi connectivity index (χ3v) is 3.83. The Balaban J connectivity index is 2.00. The van der Waals surface area contributed by atoms with E-state index in [0.717, 1.165) is 24.6 Å². The van der Waals surface area contributed by atoms with E-state index in [9.17, 15) is 4.79 Å². The summed E-state index contributed by atoms with van der Waals surface area (Å²) in [4.78, 5) is 14.3. The van der Waals surface area contributed by atoms with Gasteiger partial charge in [-0.05, 0) is 32.9 Å². The summed E-state index contributed by atoms with van der Waals surface area (Å²) in [5, 5.41) is 2.97. The summed E-state index contributed by atoms with van der Waals surface area (Å²) in [6.45, 7) is 9.69. The van der Waals surface area contributed by atoms with E-state index in [1.165, 1.54) is 0 Å². The molecule has 2 atom stereocenters. The first-order valence-electron chi connectivity index (χ1n) is 7.89. The Morgan fingerprint density at radius 2 is 2.14 bits per heavy atom. The lowest BCUT2D eigenvalue weighted by atomic mass is 10.1. The first-order valence-corrected chi connectivity index (χ1v) is 7.89. The Hall–Kier alpha value is -1.37. The minimum Gasteiger partial charge on any atom is -0.465 e. The Morgan fingerprint density at radius 1 is 1.41 bits per heavy atom. The van der Waals surface area contributed by atoms with E-state index < -0.39 is 6.10 Å². The average Bonchev–Trinajstić information content (AvgIpc) is 2.95. The lowest BCUT2D eigenvalue weighted by molar-refractivity contribution is -0.131. The largest absolute Gasteiger partial charge is 0.465 e. The molecule has 2 rings (SSSR count). The maximum absolute atomic E-state index is 12.0. The van der Waals surface area contributed by atoms with Crippen LogP contribution in [0.4, 0.5) is 0 Å². The Kier molecular flexibility index (Phi) is 6.42. The fourth-order valence-electron chi connectivity index (χ4n) is 2.60. The molecule has 0 radical (unpaired) electrons. The summed E-state index contributed by atoms with van der Waals surface area (Å²) in [7, 11) is 0. The lowest BCUT2D eigenvalue weighted by Gasteiger charge is -2.33. The molecule has 0 aliphatic carbocycles. The summed E-state index contributed by atoms with van der Waals surface area (Å²) in [6, 6.07) is 3.96. The van der Waals surface area contributed by atoms with Crippen LogP contribution in [0.25, 0.3) is 0 Å². The lowest BCUT2D eigenvalue weighted by Crippen LogP contribution is -2.45. The highest BCUT2D eigenvalue weighted by Crippen LogP contribution is 2.23. The molecule has 124 valence electrons. The van der Waals surface area contributed by atoms with Crippen LogP contribution in [0, 0.1) is 6.92 Å². The van der Waals surface area contributed by atoms with Gasteiger partial charge in [0.05, 0.1) is 19.3 Å². The predicted molar refractivity (Wildman–Crippen MR) is 82.7 cm³/mol. The SMILES string of the molecule is CCO[C@@H](C)C(=O)NC[C@H](c1ccc(C)o1)N1CCOCC1. The van der Waals surface area contributed by atoms with E-state index in [4.69, 9.17) is 13.9 Å². The molecule has 22 heavy (non-hydrogen) atoms. The molecule has 1 amide bonds. The molecule has 0 bridgehead atoms. The standard InChI is InChI=1S/C16H26N2O4/c1-4-21-13(3)16(19)17-11-14(15-6-5-12(2)22-15)18-7-9-20-10-8-18/h5-6,13-14H,4,7-11H2,1-3H3,(H,17,19)/t13-,14+/m0/s1. The molecule has 2 heterocycles. The van der Waals surface area contributed by atoms with E-state index >= 15 is 0 Å². The molecule has 1 N–H and O–H groups in total. The van der Waals surface area contributed by atoms with Crippen LogP contribution in [0.1, 0.15) is 31.4 Å². The van der Waals surface area contributed by atoms with E-state index in [1.807, 2.05) is 26.0 Å². The third-order valence-electron chi connectivity index (χ3n) is 3.83. The topological polar surface area (TPSA) is 63.9 Å². The summed E-state index contributed by atoms with van der Waals surface area (Å²) in [5.74, 6) is 1.66. The zero-order chi connectivity index (χ0) is 15.9. The van der Waals surface area contributed by atoms with Crippen molar-refractivity contribution in [3.63, 3.8) is 0 Å². The number of hydrogen-bond acceptors (Lipinski definition) is 5. The first-order chi connectivity index (χ1) is 10.6. The van der Waals surface area contributed by atoms with Gasteiger partial charge < -0.3 is 19.2 Å². The number of nitrogens with zero attached hydrogens (tertiary/aromatic N) is 1. The second-order valence-electron chi connectivity index (χ2n) is 5.46. The van der Waals surface area contributed by atoms with Gasteiger partial charge in [-0.2, -0.15) is 0 Å². The number of aryl methyl sites for hydroxylation is 1. The van der Waals surface area contributed by atoms with Gasteiger partial charge >= 0.3 is 0 Å². The average molecular weight is 310 g/mol. The van der Waals surface area contributed by atoms with Crippen molar-refractivity contribution in [1.29, 1.82) is 0 Å². The molecular formula is C16H26N2O4. The second-order valence-corrected chi connectivity index (χ2v) is 5.46. The van der Waals surface area contributed by atoms with Gasteiger partial charge in [-0.25, -0.2) is 0 Å². The van der Waals surface area contributed by atoms with Crippen molar-refractivity contribution in [3.8, 4) is 0 Å². The van der Waals surface area contributed by atoms with Crippen molar-refractivity contribution in [3.05, 3.63) is 23.7 Å². The first kappa shape index (κ1) is 17.0. The second kappa shape index (κ2) is 8.31. The van der Waals surface area contributed by atoms with Crippen LogP contribution < -0.4 is 5.32 Å². The van der Waals surface area contributed by atoms with Gasteiger partial charge in [0.15, 0.2) is 0 Å². The Morgan fingerprint density at radius 3 is 2.73 bits per heavy atom. The van der Waals surface area contributed by atoms with Crippen LogP contribution in [0.3, 0.4) is 0 Å². The normalized spacial score (nSPS) is 18.9. The van der Waals surface area contributed by atoms with Gasteiger partial charge in [0.1, 0.15) is 17.6 Å². The number of carbonyl (C=O) groups excluding carboxylic acids is 1. The van der Waals surface area contributed by atoms with Crippen molar-refractivity contribution in [2.75, 3.05) is 39.5 Å². The maximum atomic E-state index is 12.0. The molecule has 1 aliphatic rings. The molecule has 1 saturated heterocycles. The van der Waals surface area contributed by atoms with Crippen molar-refractivity contribution < 1.29 is 18.7 Å².